The standard InChI is InChI=1S/C34H46N6O5/c1-22(41)30-18-31(42)37-20-25(15-23-9-3-2-4-10-23)33(44)38-21-26(16-24-19-36-29-13-6-5-12-28(24)29)34(45)39-27(11-7-8-14-35)17-32(43)40-30/h2-6,9-10,12-13,19,22,25-27,30,36,41H,7-8,11,14-18,20-21,35H2,1H3,(H,37,42)(H,38,44)(H,39,45)(H,40,43)/t22-,25?,26?,27+,30?/m1/s1. The minimum Gasteiger partial charge on any atom is -0.391 e. The molecule has 11 nitrogen and oxygen atoms in total. The fraction of sp³-hybridized carbons (Fsp3) is 0.471. The summed E-state index contributed by atoms with van der Waals surface area (Å²) in [4.78, 5) is 56.9. The zero-order chi connectivity index (χ0) is 32.2. The Morgan fingerprint density at radius 3 is 2.29 bits per heavy atom. The summed E-state index contributed by atoms with van der Waals surface area (Å²) in [6, 6.07) is 16.0. The molecule has 8 N–H and O–H groups in total. The first-order valence-corrected chi connectivity index (χ1v) is 15.8. The van der Waals surface area contributed by atoms with Crippen LogP contribution >= 0.6 is 0 Å². The van der Waals surface area contributed by atoms with Gasteiger partial charge in [-0.25, -0.2) is 0 Å². The Morgan fingerprint density at radius 2 is 1.53 bits per heavy atom. The number of nitrogens with one attached hydrogen (secondary N) is 5. The van der Waals surface area contributed by atoms with Crippen LogP contribution in [-0.4, -0.2) is 71.5 Å². The molecule has 4 amide bonds. The highest BCUT2D eigenvalue weighted by Crippen LogP contribution is 2.22. The van der Waals surface area contributed by atoms with Crippen molar-refractivity contribution in [1.82, 2.24) is 26.3 Å². The molecule has 3 unspecified atom stereocenters. The average molecular weight is 619 g/mol. The SMILES string of the molecule is C[C@@H](O)C1CC(=O)NCC(Cc2ccccc2)C(=O)NCC(Cc2c[nH]c3ccccc23)C(=O)N[C@@H](CCCCN)CC(=O)N1. The van der Waals surface area contributed by atoms with Crippen LogP contribution in [0.2, 0.25) is 0 Å². The van der Waals surface area contributed by atoms with Crippen LogP contribution in [0, 0.1) is 11.8 Å². The second-order valence-electron chi connectivity index (χ2n) is 12.0. The molecule has 4 rings (SSSR count). The highest BCUT2D eigenvalue weighted by atomic mass is 16.3. The Hall–Kier alpha value is -4.22. The first kappa shape index (κ1) is 33.7. The van der Waals surface area contributed by atoms with E-state index in [4.69, 9.17) is 5.73 Å². The molecule has 1 aromatic heterocycles. The van der Waals surface area contributed by atoms with E-state index in [1.165, 1.54) is 6.92 Å². The second-order valence-corrected chi connectivity index (χ2v) is 12.0. The molecule has 0 saturated carbocycles. The third-order valence-electron chi connectivity index (χ3n) is 8.39. The van der Waals surface area contributed by atoms with Gasteiger partial charge in [-0.3, -0.25) is 19.2 Å². The number of aromatic nitrogens is 1. The molecule has 0 bridgehead atoms. The van der Waals surface area contributed by atoms with Gasteiger partial charge in [-0.15, -0.1) is 0 Å². The van der Waals surface area contributed by atoms with E-state index in [9.17, 15) is 24.3 Å². The van der Waals surface area contributed by atoms with Gasteiger partial charge in [0, 0.05) is 49.1 Å². The number of amides is 4. The van der Waals surface area contributed by atoms with E-state index in [0.717, 1.165) is 28.5 Å². The van der Waals surface area contributed by atoms with Gasteiger partial charge in [0.2, 0.25) is 23.6 Å². The van der Waals surface area contributed by atoms with Gasteiger partial charge in [-0.05, 0) is 56.3 Å². The highest BCUT2D eigenvalue weighted by molar-refractivity contribution is 5.87. The third-order valence-corrected chi connectivity index (χ3v) is 8.39. The molecule has 45 heavy (non-hydrogen) atoms. The van der Waals surface area contributed by atoms with Crippen molar-refractivity contribution in [2.24, 2.45) is 17.6 Å². The molecule has 2 heterocycles. The smallest absolute Gasteiger partial charge is 0.225 e. The number of rotatable bonds is 9. The van der Waals surface area contributed by atoms with E-state index in [0.29, 0.717) is 32.2 Å². The van der Waals surface area contributed by atoms with Crippen LogP contribution in [0.15, 0.2) is 60.8 Å². The minimum atomic E-state index is -0.993. The van der Waals surface area contributed by atoms with Gasteiger partial charge < -0.3 is 37.1 Å². The summed E-state index contributed by atoms with van der Waals surface area (Å²) >= 11 is 0. The van der Waals surface area contributed by atoms with Crippen molar-refractivity contribution in [2.45, 2.75) is 70.1 Å². The number of nitrogens with two attached hydrogens (primary N) is 1. The number of H-pyrrole nitrogens is 1. The van der Waals surface area contributed by atoms with E-state index in [-0.39, 0.29) is 49.6 Å². The molecule has 1 aliphatic heterocycles. The van der Waals surface area contributed by atoms with Crippen LogP contribution in [-0.2, 0) is 32.0 Å². The zero-order valence-electron chi connectivity index (χ0n) is 25.9. The maximum atomic E-state index is 13.9. The molecular weight excluding hydrogens is 572 g/mol. The minimum absolute atomic E-state index is 0.0214. The van der Waals surface area contributed by atoms with Crippen LogP contribution in [0.5, 0.6) is 0 Å². The van der Waals surface area contributed by atoms with Crippen molar-refractivity contribution in [2.75, 3.05) is 19.6 Å². The number of benzene rings is 2. The van der Waals surface area contributed by atoms with Crippen molar-refractivity contribution in [3.8, 4) is 0 Å². The Bertz CT molecular complexity index is 1420. The molecule has 5 atom stereocenters. The molecule has 0 aliphatic carbocycles. The maximum Gasteiger partial charge on any atom is 0.225 e. The van der Waals surface area contributed by atoms with Crippen LogP contribution in [0.1, 0.15) is 50.2 Å². The monoisotopic (exact) mass is 618 g/mol. The Kier molecular flexibility index (Phi) is 12.5. The molecule has 1 fully saturated rings. The van der Waals surface area contributed by atoms with Crippen LogP contribution in [0.3, 0.4) is 0 Å². The molecule has 242 valence electrons. The van der Waals surface area contributed by atoms with Gasteiger partial charge in [0.05, 0.1) is 24.0 Å². The number of unbranched alkanes of at least 4 members (excludes halogenated alkanes) is 1. The summed E-state index contributed by atoms with van der Waals surface area (Å²) < 4.78 is 0. The average Bonchev–Trinajstić information content (AvgIpc) is 3.43. The number of para-hydroxylation sites is 1. The fourth-order valence-electron chi connectivity index (χ4n) is 5.77. The van der Waals surface area contributed by atoms with Crippen molar-refractivity contribution in [3.05, 3.63) is 71.9 Å². The zero-order valence-corrected chi connectivity index (χ0v) is 25.9. The first-order valence-electron chi connectivity index (χ1n) is 15.8. The van der Waals surface area contributed by atoms with Gasteiger partial charge >= 0.3 is 0 Å². The Balaban J connectivity index is 1.62. The number of carbonyl (C=O) groups excluding carboxylic acids is 4. The topological polar surface area (TPSA) is 178 Å². The van der Waals surface area contributed by atoms with Crippen molar-refractivity contribution >= 4 is 34.5 Å². The fourth-order valence-corrected chi connectivity index (χ4v) is 5.77. The van der Waals surface area contributed by atoms with E-state index in [1.807, 2.05) is 60.8 Å². The third kappa shape index (κ3) is 10.2. The quantitative estimate of drug-likeness (QED) is 0.179. The summed E-state index contributed by atoms with van der Waals surface area (Å²) in [6.07, 6.45) is 3.44. The molecule has 1 saturated heterocycles. The van der Waals surface area contributed by atoms with E-state index in [2.05, 4.69) is 26.3 Å². The number of fused-ring (bicyclic) bond motifs is 1. The van der Waals surface area contributed by atoms with Crippen molar-refractivity contribution in [3.63, 3.8) is 0 Å². The normalized spacial score (nSPS) is 23.1. The number of aromatic amines is 1. The number of aliphatic hydroxyl groups excluding tert-OH is 1. The maximum absolute atomic E-state index is 13.9. The van der Waals surface area contributed by atoms with Gasteiger partial charge in [0.1, 0.15) is 0 Å². The molecule has 0 spiro atoms. The molecular formula is C34H46N6O5. The summed E-state index contributed by atoms with van der Waals surface area (Å²) in [6.45, 7) is 2.14. The lowest BCUT2D eigenvalue weighted by molar-refractivity contribution is -0.128. The summed E-state index contributed by atoms with van der Waals surface area (Å²) in [7, 11) is 0. The number of aliphatic hydroxyl groups is 1. The van der Waals surface area contributed by atoms with Gasteiger partial charge in [-0.2, -0.15) is 0 Å². The van der Waals surface area contributed by atoms with Crippen molar-refractivity contribution < 1.29 is 24.3 Å². The van der Waals surface area contributed by atoms with E-state index >= 15 is 0 Å². The lowest BCUT2D eigenvalue weighted by Gasteiger charge is -2.27. The molecule has 11 heteroatoms. The summed E-state index contributed by atoms with van der Waals surface area (Å²) in [5, 5.41) is 23.0. The van der Waals surface area contributed by atoms with Gasteiger partial charge in [0.15, 0.2) is 0 Å². The van der Waals surface area contributed by atoms with Crippen LogP contribution in [0.25, 0.3) is 10.9 Å². The number of hydrogen-bond acceptors (Lipinski definition) is 6. The van der Waals surface area contributed by atoms with Crippen molar-refractivity contribution in [1.29, 1.82) is 0 Å². The molecule has 2 aromatic carbocycles. The summed E-state index contributed by atoms with van der Waals surface area (Å²) in [5.74, 6) is -2.53. The van der Waals surface area contributed by atoms with Crippen LogP contribution < -0.4 is 27.0 Å². The number of hydrogen-bond donors (Lipinski definition) is 7. The lowest BCUT2D eigenvalue weighted by Crippen LogP contribution is -2.50. The van der Waals surface area contributed by atoms with E-state index < -0.39 is 30.0 Å². The predicted molar refractivity (Wildman–Crippen MR) is 173 cm³/mol. The summed E-state index contributed by atoms with van der Waals surface area (Å²) in [5.41, 5.74) is 8.53. The Morgan fingerprint density at radius 1 is 0.822 bits per heavy atom. The highest BCUT2D eigenvalue weighted by Gasteiger charge is 2.29. The Labute approximate surface area is 264 Å². The van der Waals surface area contributed by atoms with Gasteiger partial charge in [-0.1, -0.05) is 55.0 Å². The number of carbonyl (C=O) groups is 4. The van der Waals surface area contributed by atoms with Crippen LogP contribution in [0.4, 0.5) is 0 Å². The molecule has 0 radical (unpaired) electrons. The van der Waals surface area contributed by atoms with E-state index in [1.54, 1.807) is 0 Å². The van der Waals surface area contributed by atoms with Gasteiger partial charge in [0.25, 0.3) is 0 Å². The second kappa shape index (κ2) is 16.7. The molecule has 1 aliphatic rings. The lowest BCUT2D eigenvalue weighted by atomic mass is 9.95. The largest absolute Gasteiger partial charge is 0.391 e. The first-order chi connectivity index (χ1) is 21.7. The predicted octanol–water partition coefficient (Wildman–Crippen LogP) is 1.69. The molecule has 3 aromatic rings.